The molecular weight excluding hydrogens is 394 g/mol. The molecule has 1 aliphatic rings. The van der Waals surface area contributed by atoms with Crippen molar-refractivity contribution in [3.8, 4) is 0 Å². The van der Waals surface area contributed by atoms with Crippen molar-refractivity contribution in [1.29, 1.82) is 0 Å². The number of hydrogen-bond acceptors (Lipinski definition) is 5. The highest BCUT2D eigenvalue weighted by molar-refractivity contribution is 6.25. The van der Waals surface area contributed by atoms with E-state index >= 15 is 0 Å². The Bertz CT molecular complexity index is 1130. The zero-order chi connectivity index (χ0) is 22.0. The molecule has 6 heteroatoms. The number of nitrogens with zero attached hydrogens (tertiary/aromatic N) is 1. The minimum Gasteiger partial charge on any atom is -0.454 e. The van der Waals surface area contributed by atoms with Crippen LogP contribution in [-0.2, 0) is 9.53 Å². The fraction of sp³-hybridized carbons (Fsp3) is 0.200. The molecule has 0 N–H and O–H groups in total. The molecule has 3 aromatic carbocycles. The van der Waals surface area contributed by atoms with Crippen LogP contribution in [0.15, 0.2) is 66.7 Å². The largest absolute Gasteiger partial charge is 0.454 e. The SMILES string of the molecule is CC(OC(=O)CCCN1C(=O)c2cccc3cccc(c23)C1=O)C(=O)c1ccccc1. The van der Waals surface area contributed by atoms with E-state index in [1.165, 1.54) is 11.8 Å². The van der Waals surface area contributed by atoms with Crippen molar-refractivity contribution in [2.24, 2.45) is 0 Å². The number of rotatable bonds is 7. The van der Waals surface area contributed by atoms with E-state index in [1.54, 1.807) is 54.6 Å². The number of ether oxygens (including phenoxy) is 1. The summed E-state index contributed by atoms with van der Waals surface area (Å²) in [5.74, 6) is -1.55. The van der Waals surface area contributed by atoms with Gasteiger partial charge in [0.05, 0.1) is 0 Å². The van der Waals surface area contributed by atoms with Crippen LogP contribution < -0.4 is 0 Å². The van der Waals surface area contributed by atoms with Crippen LogP contribution in [-0.4, -0.2) is 41.1 Å². The smallest absolute Gasteiger partial charge is 0.306 e. The quantitative estimate of drug-likeness (QED) is 0.331. The van der Waals surface area contributed by atoms with Gasteiger partial charge in [0.1, 0.15) is 0 Å². The maximum absolute atomic E-state index is 12.9. The fourth-order valence-electron chi connectivity index (χ4n) is 3.81. The lowest BCUT2D eigenvalue weighted by Crippen LogP contribution is -2.41. The van der Waals surface area contributed by atoms with Crippen molar-refractivity contribution in [3.63, 3.8) is 0 Å². The van der Waals surface area contributed by atoms with Crippen LogP contribution >= 0.6 is 0 Å². The standard InChI is InChI=1S/C25H21NO5/c1-16(23(28)18-8-3-2-4-9-18)31-21(27)14-7-15-26-24(29)19-12-5-10-17-11-6-13-20(22(17)19)25(26)30/h2-6,8-13,16H,7,14-15H2,1H3. The summed E-state index contributed by atoms with van der Waals surface area (Å²) in [6.45, 7) is 1.63. The summed E-state index contributed by atoms with van der Waals surface area (Å²) in [5.41, 5.74) is 1.44. The molecule has 3 aromatic rings. The molecule has 0 spiro atoms. The van der Waals surface area contributed by atoms with Crippen LogP contribution in [0.1, 0.15) is 50.8 Å². The molecule has 1 unspecified atom stereocenters. The number of hydrogen-bond donors (Lipinski definition) is 0. The molecule has 0 radical (unpaired) electrons. The Hall–Kier alpha value is -3.80. The van der Waals surface area contributed by atoms with Crippen LogP contribution in [0, 0.1) is 0 Å². The minimum absolute atomic E-state index is 0.00465. The number of carbonyl (C=O) groups is 4. The predicted molar refractivity (Wildman–Crippen MR) is 115 cm³/mol. The Balaban J connectivity index is 1.37. The van der Waals surface area contributed by atoms with Gasteiger partial charge in [-0.2, -0.15) is 0 Å². The second-order valence-corrected chi connectivity index (χ2v) is 7.44. The summed E-state index contributed by atoms with van der Waals surface area (Å²) in [4.78, 5) is 51.4. The minimum atomic E-state index is -0.905. The summed E-state index contributed by atoms with van der Waals surface area (Å²) in [7, 11) is 0. The first-order valence-electron chi connectivity index (χ1n) is 10.1. The van der Waals surface area contributed by atoms with Gasteiger partial charge in [0.2, 0.25) is 5.78 Å². The molecule has 156 valence electrons. The molecule has 0 saturated carbocycles. The van der Waals surface area contributed by atoms with Gasteiger partial charge >= 0.3 is 5.97 Å². The molecule has 2 amide bonds. The van der Waals surface area contributed by atoms with Gasteiger partial charge in [-0.25, -0.2) is 0 Å². The van der Waals surface area contributed by atoms with Crippen molar-refractivity contribution >= 4 is 34.3 Å². The molecule has 0 fully saturated rings. The molecule has 0 saturated heterocycles. The van der Waals surface area contributed by atoms with Gasteiger partial charge in [0.25, 0.3) is 11.8 Å². The summed E-state index contributed by atoms with van der Waals surface area (Å²) in [6, 6.07) is 19.3. The van der Waals surface area contributed by atoms with Gasteiger partial charge in [-0.05, 0) is 30.9 Å². The lowest BCUT2D eigenvalue weighted by Gasteiger charge is -2.27. The molecule has 1 atom stereocenters. The van der Waals surface area contributed by atoms with E-state index in [0.717, 1.165) is 5.39 Å². The van der Waals surface area contributed by atoms with Crippen LogP contribution in [0.2, 0.25) is 0 Å². The van der Waals surface area contributed by atoms with E-state index in [9.17, 15) is 19.2 Å². The number of carbonyl (C=O) groups excluding carboxylic acids is 4. The summed E-state index contributed by atoms with van der Waals surface area (Å²) in [5, 5.41) is 1.51. The number of imide groups is 1. The monoisotopic (exact) mass is 415 g/mol. The van der Waals surface area contributed by atoms with Crippen LogP contribution in [0.4, 0.5) is 0 Å². The Labute approximate surface area is 179 Å². The highest BCUT2D eigenvalue weighted by atomic mass is 16.5. The van der Waals surface area contributed by atoms with Crippen molar-refractivity contribution in [3.05, 3.63) is 83.4 Å². The van der Waals surface area contributed by atoms with Crippen LogP contribution in [0.5, 0.6) is 0 Å². The number of amides is 2. The van der Waals surface area contributed by atoms with Gasteiger partial charge in [0.15, 0.2) is 6.10 Å². The van der Waals surface area contributed by atoms with Crippen molar-refractivity contribution in [2.45, 2.75) is 25.9 Å². The first kappa shape index (κ1) is 20.5. The van der Waals surface area contributed by atoms with Gasteiger partial charge in [-0.3, -0.25) is 24.1 Å². The number of Topliss-reactive ketones (excluding diaryl/α,β-unsaturated/α-hetero) is 1. The maximum atomic E-state index is 12.9. The number of esters is 1. The lowest BCUT2D eigenvalue weighted by atomic mass is 9.94. The van der Waals surface area contributed by atoms with Crippen LogP contribution in [0.25, 0.3) is 10.8 Å². The van der Waals surface area contributed by atoms with Gasteiger partial charge < -0.3 is 4.74 Å². The molecule has 0 aromatic heterocycles. The molecule has 6 nitrogen and oxygen atoms in total. The van der Waals surface area contributed by atoms with Crippen molar-refractivity contribution < 1.29 is 23.9 Å². The Morgan fingerprint density at radius 3 is 2.10 bits per heavy atom. The zero-order valence-electron chi connectivity index (χ0n) is 17.0. The third-order valence-electron chi connectivity index (χ3n) is 5.35. The summed E-state index contributed by atoms with van der Waals surface area (Å²) >= 11 is 0. The lowest BCUT2D eigenvalue weighted by molar-refractivity contribution is -0.146. The predicted octanol–water partition coefficient (Wildman–Crippen LogP) is 4.03. The molecule has 0 aliphatic carbocycles. The van der Waals surface area contributed by atoms with Crippen molar-refractivity contribution in [1.82, 2.24) is 4.90 Å². The van der Waals surface area contributed by atoms with Gasteiger partial charge in [-0.15, -0.1) is 0 Å². The Morgan fingerprint density at radius 1 is 0.871 bits per heavy atom. The highest BCUT2D eigenvalue weighted by Crippen LogP contribution is 2.30. The first-order chi connectivity index (χ1) is 15.0. The van der Waals surface area contributed by atoms with E-state index in [2.05, 4.69) is 0 Å². The van der Waals surface area contributed by atoms with E-state index in [4.69, 9.17) is 4.74 Å². The van der Waals surface area contributed by atoms with Crippen LogP contribution in [0.3, 0.4) is 0 Å². The molecule has 1 heterocycles. The topological polar surface area (TPSA) is 80.8 Å². The zero-order valence-corrected chi connectivity index (χ0v) is 17.0. The molecule has 4 rings (SSSR count). The second-order valence-electron chi connectivity index (χ2n) is 7.44. The average Bonchev–Trinajstić information content (AvgIpc) is 2.79. The maximum Gasteiger partial charge on any atom is 0.306 e. The Kier molecular flexibility index (Phi) is 5.62. The summed E-state index contributed by atoms with van der Waals surface area (Å²) in [6.07, 6.45) is -0.659. The van der Waals surface area contributed by atoms with E-state index in [1.807, 2.05) is 12.1 Å². The Morgan fingerprint density at radius 2 is 1.48 bits per heavy atom. The summed E-state index contributed by atoms with van der Waals surface area (Å²) < 4.78 is 5.24. The number of ketones is 1. The third kappa shape index (κ3) is 3.97. The normalized spacial score (nSPS) is 13.9. The van der Waals surface area contributed by atoms with Crippen molar-refractivity contribution in [2.75, 3.05) is 6.54 Å². The molecule has 0 bridgehead atoms. The third-order valence-corrected chi connectivity index (χ3v) is 5.35. The van der Waals surface area contributed by atoms with E-state index in [-0.39, 0.29) is 37.0 Å². The van der Waals surface area contributed by atoms with Gasteiger partial charge in [-0.1, -0.05) is 54.6 Å². The van der Waals surface area contributed by atoms with Gasteiger partial charge in [0, 0.05) is 35.0 Å². The average molecular weight is 415 g/mol. The molecule has 31 heavy (non-hydrogen) atoms. The highest BCUT2D eigenvalue weighted by Gasteiger charge is 2.32. The molecule has 1 aliphatic heterocycles. The van der Waals surface area contributed by atoms with E-state index in [0.29, 0.717) is 22.1 Å². The second kappa shape index (κ2) is 8.52. The fourth-order valence-corrected chi connectivity index (χ4v) is 3.81. The number of benzene rings is 3. The molecular formula is C25H21NO5. The van der Waals surface area contributed by atoms with E-state index < -0.39 is 12.1 Å². The first-order valence-corrected chi connectivity index (χ1v) is 10.1.